The standard InChI is InChI=1S/C62H47N3/c1-62(2)54-36-44(45-37-56(40-16-6-3-7-17-40)63-57(38-45)41-18-8-4-9-19-41)26-30-48(54)49-31-29-47(39-55(49)62)65-59-25-15-13-23-51(59)53-35-43(28-33-61(53)65)42-27-32-60-52(34-42)50-22-12-14-24-58(50)64(60)46-20-10-5-11-21-46/h3-37,45,47H,38-39H2,1-2H3. The average molecular weight is 834 g/mol. The third-order valence-electron chi connectivity index (χ3n) is 14.7. The lowest BCUT2D eigenvalue weighted by atomic mass is 9.76. The van der Waals surface area contributed by atoms with E-state index in [-0.39, 0.29) is 17.4 Å². The van der Waals surface area contributed by atoms with E-state index in [4.69, 9.17) is 4.99 Å². The van der Waals surface area contributed by atoms with Crippen LogP contribution in [0.4, 0.5) is 0 Å². The van der Waals surface area contributed by atoms with Gasteiger partial charge in [-0.2, -0.15) is 0 Å². The van der Waals surface area contributed by atoms with Crippen molar-refractivity contribution in [1.29, 1.82) is 0 Å². The first kappa shape index (κ1) is 37.8. The van der Waals surface area contributed by atoms with Crippen molar-refractivity contribution in [3.8, 4) is 16.8 Å². The smallest absolute Gasteiger partial charge is 0.0671 e. The van der Waals surface area contributed by atoms with Gasteiger partial charge in [-0.05, 0) is 105 Å². The zero-order valence-corrected chi connectivity index (χ0v) is 36.6. The van der Waals surface area contributed by atoms with E-state index < -0.39 is 0 Å². The van der Waals surface area contributed by atoms with Gasteiger partial charge in [0.15, 0.2) is 0 Å². The fourth-order valence-corrected chi connectivity index (χ4v) is 11.5. The molecule has 65 heavy (non-hydrogen) atoms. The second kappa shape index (κ2) is 14.7. The third kappa shape index (κ3) is 5.99. The van der Waals surface area contributed by atoms with Crippen LogP contribution in [0.5, 0.6) is 0 Å². The average Bonchev–Trinajstić information content (AvgIpc) is 3.96. The SMILES string of the molecule is CC1(C)C2=C(C=CC(n3c4ccccc4c4cc(-c5ccc6c(c5)c5ccccc5n6-c5ccccc5)ccc43)C2)c2ccc(C3C=C(c4ccccc4)N=C(c4ccccc4)C3)cc21. The summed E-state index contributed by atoms with van der Waals surface area (Å²) in [6, 6.07) is 71.5. The van der Waals surface area contributed by atoms with Crippen molar-refractivity contribution in [2.24, 2.45) is 4.99 Å². The quantitative estimate of drug-likeness (QED) is 0.159. The third-order valence-corrected chi connectivity index (χ3v) is 14.7. The molecule has 0 fully saturated rings. The van der Waals surface area contributed by atoms with Crippen LogP contribution in [0.3, 0.4) is 0 Å². The molecule has 0 amide bonds. The highest BCUT2D eigenvalue weighted by Crippen LogP contribution is 2.53. The summed E-state index contributed by atoms with van der Waals surface area (Å²) in [5.74, 6) is 0.221. The Bertz CT molecular complexity index is 3670. The summed E-state index contributed by atoms with van der Waals surface area (Å²) in [5, 5.41) is 5.13. The van der Waals surface area contributed by atoms with Crippen LogP contribution < -0.4 is 0 Å². The molecular weight excluding hydrogens is 787 g/mol. The molecule has 3 aliphatic rings. The van der Waals surface area contributed by atoms with Gasteiger partial charge in [-0.15, -0.1) is 0 Å². The molecule has 0 bridgehead atoms. The predicted octanol–water partition coefficient (Wildman–Crippen LogP) is 15.8. The summed E-state index contributed by atoms with van der Waals surface area (Å²) in [7, 11) is 0. The molecule has 0 N–H and O–H groups in total. The Balaban J connectivity index is 0.845. The van der Waals surface area contributed by atoms with Gasteiger partial charge in [-0.1, -0.05) is 178 Å². The summed E-state index contributed by atoms with van der Waals surface area (Å²) >= 11 is 0. The van der Waals surface area contributed by atoms with E-state index in [1.165, 1.54) is 93.8 Å². The monoisotopic (exact) mass is 833 g/mol. The summed E-state index contributed by atoms with van der Waals surface area (Å²) in [6.07, 6.45) is 9.13. The van der Waals surface area contributed by atoms with Crippen molar-refractivity contribution in [1.82, 2.24) is 9.13 Å². The molecule has 3 nitrogen and oxygen atoms in total. The van der Waals surface area contributed by atoms with Gasteiger partial charge < -0.3 is 9.13 Å². The van der Waals surface area contributed by atoms with Crippen molar-refractivity contribution in [2.75, 3.05) is 0 Å². The predicted molar refractivity (Wildman–Crippen MR) is 273 cm³/mol. The second-order valence-corrected chi connectivity index (χ2v) is 18.6. The molecule has 3 heterocycles. The Kier molecular flexibility index (Phi) is 8.52. The Morgan fingerprint density at radius 2 is 1.09 bits per heavy atom. The lowest BCUT2D eigenvalue weighted by molar-refractivity contribution is 0.543. The summed E-state index contributed by atoms with van der Waals surface area (Å²) < 4.78 is 5.00. The molecule has 2 atom stereocenters. The minimum Gasteiger partial charge on any atom is -0.333 e. The zero-order valence-electron chi connectivity index (χ0n) is 36.6. The first-order valence-corrected chi connectivity index (χ1v) is 23.1. The molecule has 8 aromatic carbocycles. The maximum atomic E-state index is 5.24. The number of allylic oxidation sites excluding steroid dienone is 5. The molecular formula is C62H47N3. The number of para-hydroxylation sites is 3. The van der Waals surface area contributed by atoms with Gasteiger partial charge in [-0.25, -0.2) is 0 Å². The molecule has 0 saturated heterocycles. The van der Waals surface area contributed by atoms with Crippen LogP contribution in [-0.2, 0) is 5.41 Å². The van der Waals surface area contributed by atoms with Crippen LogP contribution in [0.1, 0.15) is 66.5 Å². The fraction of sp³-hybridized carbons (Fsp3) is 0.113. The molecule has 10 aromatic rings. The Morgan fingerprint density at radius 1 is 0.508 bits per heavy atom. The summed E-state index contributed by atoms with van der Waals surface area (Å²) in [6.45, 7) is 4.90. The van der Waals surface area contributed by atoms with Gasteiger partial charge >= 0.3 is 0 Å². The number of nitrogens with zero attached hydrogens (tertiary/aromatic N) is 3. The zero-order chi connectivity index (χ0) is 43.2. The largest absolute Gasteiger partial charge is 0.333 e. The van der Waals surface area contributed by atoms with Gasteiger partial charge in [0.25, 0.3) is 0 Å². The van der Waals surface area contributed by atoms with Crippen molar-refractivity contribution in [3.05, 3.63) is 246 Å². The number of rotatable bonds is 6. The van der Waals surface area contributed by atoms with Crippen LogP contribution in [0.15, 0.2) is 223 Å². The maximum Gasteiger partial charge on any atom is 0.0671 e. The molecule has 0 radical (unpaired) electrons. The van der Waals surface area contributed by atoms with Crippen molar-refractivity contribution in [2.45, 2.75) is 44.1 Å². The van der Waals surface area contributed by atoms with Gasteiger partial charge in [0.1, 0.15) is 0 Å². The Hall–Kier alpha value is -7.75. The highest BCUT2D eigenvalue weighted by molar-refractivity contribution is 6.12. The first-order valence-electron chi connectivity index (χ1n) is 23.1. The molecule has 310 valence electrons. The van der Waals surface area contributed by atoms with E-state index in [1.54, 1.807) is 0 Å². The number of aromatic nitrogens is 2. The number of hydrogen-bond donors (Lipinski definition) is 0. The van der Waals surface area contributed by atoms with E-state index >= 15 is 0 Å². The highest BCUT2D eigenvalue weighted by atomic mass is 15.0. The van der Waals surface area contributed by atoms with Gasteiger partial charge in [0, 0.05) is 61.7 Å². The molecule has 0 saturated carbocycles. The van der Waals surface area contributed by atoms with E-state index in [2.05, 4.69) is 235 Å². The van der Waals surface area contributed by atoms with Crippen LogP contribution in [-0.4, -0.2) is 14.8 Å². The number of hydrogen-bond acceptors (Lipinski definition) is 1. The van der Waals surface area contributed by atoms with Crippen molar-refractivity contribution in [3.63, 3.8) is 0 Å². The van der Waals surface area contributed by atoms with Gasteiger partial charge in [0.05, 0.1) is 22.8 Å². The lowest BCUT2D eigenvalue weighted by Gasteiger charge is -2.30. The molecule has 2 aromatic heterocycles. The minimum absolute atomic E-state index is 0.116. The fourth-order valence-electron chi connectivity index (χ4n) is 11.5. The summed E-state index contributed by atoms with van der Waals surface area (Å²) in [5.41, 5.74) is 20.2. The van der Waals surface area contributed by atoms with E-state index in [9.17, 15) is 0 Å². The van der Waals surface area contributed by atoms with Crippen LogP contribution >= 0.6 is 0 Å². The van der Waals surface area contributed by atoms with Crippen LogP contribution in [0.2, 0.25) is 0 Å². The van der Waals surface area contributed by atoms with Crippen molar-refractivity contribution < 1.29 is 0 Å². The number of aliphatic imine (C=N–C) groups is 1. The first-order chi connectivity index (χ1) is 32.0. The van der Waals surface area contributed by atoms with Crippen LogP contribution in [0.25, 0.3) is 71.7 Å². The highest BCUT2D eigenvalue weighted by Gasteiger charge is 2.40. The molecule has 2 unspecified atom stereocenters. The molecule has 0 spiro atoms. The van der Waals surface area contributed by atoms with E-state index in [0.717, 1.165) is 29.8 Å². The molecule has 3 heteroatoms. The Morgan fingerprint density at radius 3 is 1.83 bits per heavy atom. The van der Waals surface area contributed by atoms with E-state index in [1.807, 2.05) is 0 Å². The van der Waals surface area contributed by atoms with Crippen molar-refractivity contribution >= 4 is 60.6 Å². The minimum atomic E-state index is -0.116. The lowest BCUT2D eigenvalue weighted by Crippen LogP contribution is -2.21. The van der Waals surface area contributed by atoms with Gasteiger partial charge in [-0.3, -0.25) is 4.99 Å². The maximum absolute atomic E-state index is 5.24. The molecule has 1 aliphatic heterocycles. The topological polar surface area (TPSA) is 22.2 Å². The molecule has 13 rings (SSSR count). The number of fused-ring (bicyclic) bond motifs is 8. The normalized spacial score (nSPS) is 17.8. The molecule has 2 aliphatic carbocycles. The van der Waals surface area contributed by atoms with Gasteiger partial charge in [0.2, 0.25) is 0 Å². The summed E-state index contributed by atoms with van der Waals surface area (Å²) in [4.78, 5) is 5.24. The van der Waals surface area contributed by atoms with Crippen LogP contribution in [0, 0.1) is 0 Å². The number of benzene rings is 8. The van der Waals surface area contributed by atoms with E-state index in [0.29, 0.717) is 0 Å². The Labute approximate surface area is 379 Å². The second-order valence-electron chi connectivity index (χ2n) is 18.6.